The summed E-state index contributed by atoms with van der Waals surface area (Å²) in [6.07, 6.45) is 0. The van der Waals surface area contributed by atoms with Gasteiger partial charge < -0.3 is 9.64 Å². The molecular formula is C13H17ClFNO2. The maximum absolute atomic E-state index is 13.4. The van der Waals surface area contributed by atoms with Crippen molar-refractivity contribution in [1.29, 1.82) is 0 Å². The number of halogens is 2. The first-order valence-corrected chi connectivity index (χ1v) is 6.04. The quantitative estimate of drug-likeness (QED) is 0.772. The van der Waals surface area contributed by atoms with Gasteiger partial charge in [-0.05, 0) is 24.6 Å². The SMILES string of the molecule is COCC(Cl)CN(C)C(=O)c1ccc(C)c(F)c1. The van der Waals surface area contributed by atoms with E-state index in [9.17, 15) is 9.18 Å². The molecule has 0 heterocycles. The highest BCUT2D eigenvalue weighted by Crippen LogP contribution is 2.12. The van der Waals surface area contributed by atoms with Crippen molar-refractivity contribution in [1.82, 2.24) is 4.90 Å². The van der Waals surface area contributed by atoms with Gasteiger partial charge >= 0.3 is 0 Å². The van der Waals surface area contributed by atoms with Crippen molar-refractivity contribution >= 4 is 17.5 Å². The molecule has 1 aromatic rings. The van der Waals surface area contributed by atoms with Crippen LogP contribution in [0.1, 0.15) is 15.9 Å². The number of rotatable bonds is 5. The number of nitrogens with zero attached hydrogens (tertiary/aromatic N) is 1. The lowest BCUT2D eigenvalue weighted by atomic mass is 10.1. The van der Waals surface area contributed by atoms with E-state index in [0.29, 0.717) is 24.3 Å². The number of ether oxygens (including phenoxy) is 1. The molecule has 3 nitrogen and oxygen atoms in total. The van der Waals surface area contributed by atoms with Gasteiger partial charge in [-0.3, -0.25) is 4.79 Å². The summed E-state index contributed by atoms with van der Waals surface area (Å²) in [5, 5.41) is -0.278. The Morgan fingerprint density at radius 1 is 1.56 bits per heavy atom. The number of aryl methyl sites for hydroxylation is 1. The normalized spacial score (nSPS) is 12.3. The number of hydrogen-bond acceptors (Lipinski definition) is 2. The zero-order valence-corrected chi connectivity index (χ0v) is 11.5. The molecule has 0 saturated heterocycles. The monoisotopic (exact) mass is 273 g/mol. The molecule has 0 aliphatic carbocycles. The summed E-state index contributed by atoms with van der Waals surface area (Å²) in [5.74, 6) is -0.635. The second kappa shape index (κ2) is 6.71. The van der Waals surface area contributed by atoms with E-state index < -0.39 is 0 Å². The van der Waals surface area contributed by atoms with E-state index in [2.05, 4.69) is 0 Å². The molecule has 0 N–H and O–H groups in total. The minimum absolute atomic E-state index is 0.254. The third kappa shape index (κ3) is 3.96. The average Bonchev–Trinajstić information content (AvgIpc) is 2.32. The molecule has 5 heteroatoms. The maximum atomic E-state index is 13.4. The molecule has 1 aromatic carbocycles. The third-order valence-corrected chi connectivity index (χ3v) is 2.85. The van der Waals surface area contributed by atoms with Crippen LogP contribution in [0.5, 0.6) is 0 Å². The van der Waals surface area contributed by atoms with Crippen molar-refractivity contribution < 1.29 is 13.9 Å². The zero-order chi connectivity index (χ0) is 13.7. The topological polar surface area (TPSA) is 29.5 Å². The van der Waals surface area contributed by atoms with Crippen molar-refractivity contribution in [3.05, 3.63) is 35.1 Å². The van der Waals surface area contributed by atoms with Crippen LogP contribution in [0.15, 0.2) is 18.2 Å². The van der Waals surface area contributed by atoms with Gasteiger partial charge in [-0.2, -0.15) is 0 Å². The fraction of sp³-hybridized carbons (Fsp3) is 0.462. The Hall–Kier alpha value is -1.13. The van der Waals surface area contributed by atoms with Gasteiger partial charge in [0, 0.05) is 26.3 Å². The molecular weight excluding hydrogens is 257 g/mol. The van der Waals surface area contributed by atoms with Crippen LogP contribution in [0.4, 0.5) is 4.39 Å². The molecule has 18 heavy (non-hydrogen) atoms. The molecule has 0 bridgehead atoms. The highest BCUT2D eigenvalue weighted by Gasteiger charge is 2.16. The average molecular weight is 274 g/mol. The Bertz CT molecular complexity index is 425. The van der Waals surface area contributed by atoms with Crippen molar-refractivity contribution in [3.8, 4) is 0 Å². The first-order chi connectivity index (χ1) is 8.45. The van der Waals surface area contributed by atoms with Crippen LogP contribution in [0.3, 0.4) is 0 Å². The Balaban J connectivity index is 2.71. The lowest BCUT2D eigenvalue weighted by molar-refractivity contribution is 0.0781. The van der Waals surface area contributed by atoms with Crippen LogP contribution in [-0.2, 0) is 4.74 Å². The number of amides is 1. The van der Waals surface area contributed by atoms with Crippen LogP contribution in [0.2, 0.25) is 0 Å². The second-order valence-corrected chi connectivity index (χ2v) is 4.82. The Labute approximate surface area is 111 Å². The summed E-state index contributed by atoms with van der Waals surface area (Å²) in [6, 6.07) is 4.44. The van der Waals surface area contributed by atoms with Crippen LogP contribution < -0.4 is 0 Å². The lowest BCUT2D eigenvalue weighted by Crippen LogP contribution is -2.34. The van der Waals surface area contributed by atoms with Crippen molar-refractivity contribution in [2.45, 2.75) is 12.3 Å². The summed E-state index contributed by atoms with van der Waals surface area (Å²) >= 11 is 5.97. The number of carbonyl (C=O) groups is 1. The maximum Gasteiger partial charge on any atom is 0.253 e. The van der Waals surface area contributed by atoms with Crippen LogP contribution >= 0.6 is 11.6 Å². The molecule has 1 amide bonds. The van der Waals surface area contributed by atoms with E-state index in [4.69, 9.17) is 16.3 Å². The number of benzene rings is 1. The molecule has 1 rings (SSSR count). The van der Waals surface area contributed by atoms with Crippen LogP contribution in [0.25, 0.3) is 0 Å². The third-order valence-electron chi connectivity index (χ3n) is 2.58. The Morgan fingerprint density at radius 2 is 2.22 bits per heavy atom. The van der Waals surface area contributed by atoms with E-state index in [1.165, 1.54) is 11.0 Å². The summed E-state index contributed by atoms with van der Waals surface area (Å²) in [5.41, 5.74) is 0.839. The molecule has 0 aromatic heterocycles. The molecule has 100 valence electrons. The van der Waals surface area contributed by atoms with E-state index >= 15 is 0 Å². The van der Waals surface area contributed by atoms with Gasteiger partial charge in [0.2, 0.25) is 0 Å². The van der Waals surface area contributed by atoms with Crippen molar-refractivity contribution in [2.75, 3.05) is 27.3 Å². The predicted molar refractivity (Wildman–Crippen MR) is 69.6 cm³/mol. The molecule has 0 spiro atoms. The second-order valence-electron chi connectivity index (χ2n) is 4.20. The van der Waals surface area contributed by atoms with Gasteiger partial charge in [-0.15, -0.1) is 11.6 Å². The van der Waals surface area contributed by atoms with Crippen LogP contribution in [0, 0.1) is 12.7 Å². The fourth-order valence-electron chi connectivity index (χ4n) is 1.56. The summed E-state index contributed by atoms with van der Waals surface area (Å²) < 4.78 is 18.3. The molecule has 1 atom stereocenters. The highest BCUT2D eigenvalue weighted by atomic mass is 35.5. The number of carbonyl (C=O) groups excluding carboxylic acids is 1. The summed E-state index contributed by atoms with van der Waals surface area (Å²) in [6.45, 7) is 2.37. The Morgan fingerprint density at radius 3 is 2.78 bits per heavy atom. The first-order valence-electron chi connectivity index (χ1n) is 5.60. The van der Waals surface area contributed by atoms with Gasteiger partial charge in [0.15, 0.2) is 0 Å². The first kappa shape index (κ1) is 14.9. The van der Waals surface area contributed by atoms with E-state index in [0.717, 1.165) is 0 Å². The standard InChI is InChI=1S/C13H17ClFNO2/c1-9-4-5-10(6-12(9)15)13(17)16(2)7-11(14)8-18-3/h4-6,11H,7-8H2,1-3H3. The van der Waals surface area contributed by atoms with Gasteiger partial charge in [0.25, 0.3) is 5.91 Å². The largest absolute Gasteiger partial charge is 0.383 e. The number of alkyl halides is 1. The minimum Gasteiger partial charge on any atom is -0.383 e. The smallest absolute Gasteiger partial charge is 0.253 e. The van der Waals surface area contributed by atoms with Crippen molar-refractivity contribution in [3.63, 3.8) is 0 Å². The number of hydrogen-bond donors (Lipinski definition) is 0. The van der Waals surface area contributed by atoms with Gasteiger partial charge in [0.05, 0.1) is 12.0 Å². The highest BCUT2D eigenvalue weighted by molar-refractivity contribution is 6.21. The zero-order valence-electron chi connectivity index (χ0n) is 10.7. The molecule has 0 radical (unpaired) electrons. The molecule has 0 aliphatic rings. The minimum atomic E-state index is -0.381. The number of methoxy groups -OCH3 is 1. The lowest BCUT2D eigenvalue weighted by Gasteiger charge is -2.20. The predicted octanol–water partition coefficient (Wildman–Crippen LogP) is 2.46. The molecule has 0 fully saturated rings. The fourth-order valence-corrected chi connectivity index (χ4v) is 1.89. The van der Waals surface area contributed by atoms with Gasteiger partial charge in [0.1, 0.15) is 5.82 Å². The molecule has 0 aliphatic heterocycles. The summed E-state index contributed by atoms with van der Waals surface area (Å²) in [7, 11) is 3.18. The van der Waals surface area contributed by atoms with Crippen LogP contribution in [-0.4, -0.2) is 43.5 Å². The van der Waals surface area contributed by atoms with Crippen molar-refractivity contribution in [2.24, 2.45) is 0 Å². The molecule has 1 unspecified atom stereocenters. The van der Waals surface area contributed by atoms with E-state index in [1.807, 2.05) is 0 Å². The van der Waals surface area contributed by atoms with E-state index in [-0.39, 0.29) is 17.1 Å². The summed E-state index contributed by atoms with van der Waals surface area (Å²) in [4.78, 5) is 13.5. The van der Waals surface area contributed by atoms with Gasteiger partial charge in [-0.1, -0.05) is 6.07 Å². The Kier molecular flexibility index (Phi) is 5.56. The van der Waals surface area contributed by atoms with E-state index in [1.54, 1.807) is 33.2 Å². The van der Waals surface area contributed by atoms with Gasteiger partial charge in [-0.25, -0.2) is 4.39 Å². The molecule has 0 saturated carbocycles.